The number of amides is 2. The van der Waals surface area contributed by atoms with Crippen molar-refractivity contribution in [1.82, 2.24) is 0 Å². The molecule has 1 aliphatic rings. The van der Waals surface area contributed by atoms with Gasteiger partial charge in [0.05, 0.1) is 0 Å². The van der Waals surface area contributed by atoms with Crippen LogP contribution < -0.4 is 10.6 Å². The Morgan fingerprint density at radius 2 is 1.48 bits per heavy atom. The van der Waals surface area contributed by atoms with Crippen molar-refractivity contribution >= 4 is 23.9 Å². The summed E-state index contributed by atoms with van der Waals surface area (Å²) >= 11 is 0. The Morgan fingerprint density at radius 1 is 0.880 bits per heavy atom. The highest BCUT2D eigenvalue weighted by molar-refractivity contribution is 5.99. The molecule has 2 aromatic rings. The molecule has 25 heavy (non-hydrogen) atoms. The van der Waals surface area contributed by atoms with E-state index in [-0.39, 0.29) is 12.1 Å². The van der Waals surface area contributed by atoms with Gasteiger partial charge in [0.25, 0.3) is 6.47 Å². The Labute approximate surface area is 147 Å². The van der Waals surface area contributed by atoms with Crippen LogP contribution in [-0.4, -0.2) is 18.6 Å². The van der Waals surface area contributed by atoms with Crippen LogP contribution >= 0.6 is 0 Å². The largest absolute Gasteiger partial charge is 0.465 e. The van der Waals surface area contributed by atoms with Crippen molar-refractivity contribution in [2.24, 2.45) is 0 Å². The van der Waals surface area contributed by atoms with Crippen molar-refractivity contribution in [3.05, 3.63) is 60.2 Å². The number of para-hydroxylation sites is 1. The summed E-state index contributed by atoms with van der Waals surface area (Å²) in [5.74, 6) is 0.485. The van der Waals surface area contributed by atoms with Gasteiger partial charge >= 0.3 is 6.03 Å². The van der Waals surface area contributed by atoms with Crippen molar-refractivity contribution in [2.45, 2.75) is 37.7 Å². The molecule has 0 radical (unpaired) electrons. The maximum Gasteiger partial charge on any atom is 0.323 e. The van der Waals surface area contributed by atoms with Gasteiger partial charge in [0.2, 0.25) is 0 Å². The fourth-order valence-corrected chi connectivity index (χ4v) is 3.26. The van der Waals surface area contributed by atoms with Gasteiger partial charge in [0.1, 0.15) is 6.10 Å². The van der Waals surface area contributed by atoms with E-state index in [2.05, 4.69) is 22.8 Å². The van der Waals surface area contributed by atoms with Crippen LogP contribution in [0.4, 0.5) is 16.2 Å². The molecule has 2 N–H and O–H groups in total. The minimum absolute atomic E-state index is 0.0661. The number of nitrogens with one attached hydrogen (secondary N) is 2. The van der Waals surface area contributed by atoms with Crippen LogP contribution in [0.3, 0.4) is 0 Å². The van der Waals surface area contributed by atoms with Gasteiger partial charge in [-0.1, -0.05) is 30.3 Å². The maximum atomic E-state index is 12.0. The van der Waals surface area contributed by atoms with E-state index in [9.17, 15) is 9.59 Å². The summed E-state index contributed by atoms with van der Waals surface area (Å²) in [5.41, 5.74) is 2.78. The smallest absolute Gasteiger partial charge is 0.323 e. The molecule has 5 heteroatoms. The van der Waals surface area contributed by atoms with E-state index >= 15 is 0 Å². The van der Waals surface area contributed by atoms with E-state index in [0.29, 0.717) is 12.4 Å². The zero-order valence-electron chi connectivity index (χ0n) is 14.0. The normalized spacial score (nSPS) is 19.7. The fourth-order valence-electron chi connectivity index (χ4n) is 3.26. The molecule has 0 atom stereocenters. The molecule has 0 aliphatic heterocycles. The molecule has 0 bridgehead atoms. The Kier molecular flexibility index (Phi) is 5.67. The zero-order chi connectivity index (χ0) is 17.5. The number of ether oxygens (including phenoxy) is 1. The first-order valence-electron chi connectivity index (χ1n) is 8.56. The molecule has 0 saturated heterocycles. The fraction of sp³-hybridized carbons (Fsp3) is 0.300. The predicted octanol–water partition coefficient (Wildman–Crippen LogP) is 4.53. The van der Waals surface area contributed by atoms with Gasteiger partial charge in [-0.3, -0.25) is 4.79 Å². The van der Waals surface area contributed by atoms with Crippen molar-refractivity contribution in [3.63, 3.8) is 0 Å². The minimum Gasteiger partial charge on any atom is -0.465 e. The summed E-state index contributed by atoms with van der Waals surface area (Å²) in [4.78, 5) is 22.4. The van der Waals surface area contributed by atoms with Gasteiger partial charge < -0.3 is 15.4 Å². The van der Waals surface area contributed by atoms with Gasteiger partial charge in [-0.05, 0) is 61.4 Å². The molecule has 1 fully saturated rings. The molecule has 3 rings (SSSR count). The van der Waals surface area contributed by atoms with Crippen LogP contribution in [0, 0.1) is 0 Å². The lowest BCUT2D eigenvalue weighted by molar-refractivity contribution is -0.135. The first-order valence-corrected chi connectivity index (χ1v) is 8.56. The summed E-state index contributed by atoms with van der Waals surface area (Å²) < 4.78 is 5.04. The van der Waals surface area contributed by atoms with Crippen LogP contribution in [0.1, 0.15) is 37.2 Å². The number of hydrogen-bond donors (Lipinski definition) is 2. The summed E-state index contributed by atoms with van der Waals surface area (Å²) in [5, 5.41) is 5.63. The second-order valence-corrected chi connectivity index (χ2v) is 6.27. The molecular formula is C20H22N2O3. The molecule has 2 amide bonds. The van der Waals surface area contributed by atoms with Gasteiger partial charge in [-0.15, -0.1) is 0 Å². The van der Waals surface area contributed by atoms with E-state index in [1.165, 1.54) is 5.56 Å². The third-order valence-electron chi connectivity index (χ3n) is 4.59. The van der Waals surface area contributed by atoms with Crippen LogP contribution in [0.15, 0.2) is 54.6 Å². The average Bonchev–Trinajstić information content (AvgIpc) is 2.64. The summed E-state index contributed by atoms with van der Waals surface area (Å²) in [7, 11) is 0. The first kappa shape index (κ1) is 17.0. The third kappa shape index (κ3) is 4.83. The highest BCUT2D eigenvalue weighted by atomic mass is 16.5. The van der Waals surface area contributed by atoms with E-state index in [1.54, 1.807) is 0 Å². The minimum atomic E-state index is -0.259. The molecule has 1 saturated carbocycles. The van der Waals surface area contributed by atoms with Crippen molar-refractivity contribution in [2.75, 3.05) is 10.6 Å². The SMILES string of the molecule is O=COC1CCC(c2ccc(NC(=O)Nc3ccccc3)cc2)CC1. The van der Waals surface area contributed by atoms with E-state index in [1.807, 2.05) is 42.5 Å². The maximum absolute atomic E-state index is 12.0. The highest BCUT2D eigenvalue weighted by Gasteiger charge is 2.23. The quantitative estimate of drug-likeness (QED) is 0.787. The first-order chi connectivity index (χ1) is 12.2. The van der Waals surface area contributed by atoms with Crippen molar-refractivity contribution in [1.29, 1.82) is 0 Å². The van der Waals surface area contributed by atoms with Gasteiger partial charge in [0, 0.05) is 11.4 Å². The van der Waals surface area contributed by atoms with Crippen LogP contribution in [0.5, 0.6) is 0 Å². The van der Waals surface area contributed by atoms with Gasteiger partial charge in [-0.2, -0.15) is 0 Å². The van der Waals surface area contributed by atoms with Crippen LogP contribution in [0.2, 0.25) is 0 Å². The van der Waals surface area contributed by atoms with Crippen molar-refractivity contribution < 1.29 is 14.3 Å². The molecule has 0 unspecified atom stereocenters. The summed E-state index contributed by atoms with van der Waals surface area (Å²) in [6.45, 7) is 0.548. The number of carbonyl (C=O) groups excluding carboxylic acids is 2. The molecule has 2 aromatic carbocycles. The van der Waals surface area contributed by atoms with Crippen LogP contribution in [-0.2, 0) is 9.53 Å². The molecule has 1 aliphatic carbocycles. The zero-order valence-corrected chi connectivity index (χ0v) is 14.0. The lowest BCUT2D eigenvalue weighted by atomic mass is 9.83. The monoisotopic (exact) mass is 338 g/mol. The Bertz CT molecular complexity index is 693. The second kappa shape index (κ2) is 8.33. The number of urea groups is 1. The lowest BCUT2D eigenvalue weighted by Gasteiger charge is -2.27. The third-order valence-corrected chi connectivity index (χ3v) is 4.59. The van der Waals surface area contributed by atoms with Crippen LogP contribution in [0.25, 0.3) is 0 Å². The highest BCUT2D eigenvalue weighted by Crippen LogP contribution is 2.34. The second-order valence-electron chi connectivity index (χ2n) is 6.27. The number of rotatable bonds is 5. The topological polar surface area (TPSA) is 67.4 Å². The average molecular weight is 338 g/mol. The predicted molar refractivity (Wildman–Crippen MR) is 97.7 cm³/mol. The van der Waals surface area contributed by atoms with Crippen molar-refractivity contribution in [3.8, 4) is 0 Å². The molecule has 0 aromatic heterocycles. The van der Waals surface area contributed by atoms with E-state index < -0.39 is 0 Å². The number of benzene rings is 2. The standard InChI is InChI=1S/C20H22N2O3/c23-14-25-19-12-8-16(9-13-19)15-6-10-18(11-7-15)22-20(24)21-17-4-2-1-3-5-17/h1-7,10-11,14,16,19H,8-9,12-13H2,(H2,21,22,24). The Morgan fingerprint density at radius 3 is 2.08 bits per heavy atom. The Hall–Kier alpha value is -2.82. The van der Waals surface area contributed by atoms with E-state index in [4.69, 9.17) is 4.74 Å². The molecule has 130 valence electrons. The lowest BCUT2D eigenvalue weighted by Crippen LogP contribution is -2.20. The number of carbonyl (C=O) groups is 2. The van der Waals surface area contributed by atoms with Gasteiger partial charge in [-0.25, -0.2) is 4.79 Å². The summed E-state index contributed by atoms with van der Waals surface area (Å²) in [6, 6.07) is 17.0. The van der Waals surface area contributed by atoms with Gasteiger partial charge in [0.15, 0.2) is 0 Å². The number of hydrogen-bond acceptors (Lipinski definition) is 3. The molecular weight excluding hydrogens is 316 g/mol. The molecule has 0 spiro atoms. The van der Waals surface area contributed by atoms with E-state index in [0.717, 1.165) is 37.1 Å². The Balaban J connectivity index is 1.52. The molecule has 5 nitrogen and oxygen atoms in total. The summed E-state index contributed by atoms with van der Waals surface area (Å²) in [6.07, 6.45) is 3.90. The molecule has 0 heterocycles. The number of anilines is 2.